The van der Waals surface area contributed by atoms with E-state index in [0.29, 0.717) is 5.92 Å². The lowest BCUT2D eigenvalue weighted by Crippen LogP contribution is -2.47. The zero-order valence-electron chi connectivity index (χ0n) is 13.3. The van der Waals surface area contributed by atoms with Crippen molar-refractivity contribution in [1.29, 1.82) is 0 Å². The fourth-order valence-corrected chi connectivity index (χ4v) is 3.11. The van der Waals surface area contributed by atoms with Crippen molar-refractivity contribution in [1.82, 2.24) is 30.1 Å². The minimum Gasteiger partial charge on any atom is -0.464 e. The summed E-state index contributed by atoms with van der Waals surface area (Å²) in [5.74, 6) is 0.0683. The van der Waals surface area contributed by atoms with E-state index >= 15 is 0 Å². The molecule has 2 aromatic heterocycles. The van der Waals surface area contributed by atoms with Crippen molar-refractivity contribution in [3.05, 3.63) is 41.9 Å². The summed E-state index contributed by atoms with van der Waals surface area (Å²) in [6.07, 6.45) is 3.47. The van der Waals surface area contributed by atoms with Crippen LogP contribution in [-0.4, -0.2) is 56.3 Å². The van der Waals surface area contributed by atoms with Crippen LogP contribution in [0.1, 0.15) is 16.1 Å². The molecule has 0 radical (unpaired) electrons. The SMILES string of the molecule is COC(=O)c1cn(CC2CN(Cc3ccc4cn[nH]c4c3)C2)nn1. The Labute approximate surface area is 138 Å². The zero-order valence-corrected chi connectivity index (χ0v) is 13.3. The van der Waals surface area contributed by atoms with Gasteiger partial charge in [-0.3, -0.25) is 14.7 Å². The minimum atomic E-state index is -0.453. The van der Waals surface area contributed by atoms with Crippen LogP contribution in [0.3, 0.4) is 0 Å². The van der Waals surface area contributed by atoms with Gasteiger partial charge in [0.2, 0.25) is 0 Å². The molecule has 1 fully saturated rings. The predicted octanol–water partition coefficient (Wildman–Crippen LogP) is 1.07. The Morgan fingerprint density at radius 1 is 1.42 bits per heavy atom. The minimum absolute atomic E-state index is 0.251. The number of nitrogens with one attached hydrogen (secondary N) is 1. The first-order valence-electron chi connectivity index (χ1n) is 7.84. The van der Waals surface area contributed by atoms with Crippen LogP contribution in [0.5, 0.6) is 0 Å². The number of hydrogen-bond acceptors (Lipinski definition) is 6. The van der Waals surface area contributed by atoms with Gasteiger partial charge < -0.3 is 4.74 Å². The van der Waals surface area contributed by atoms with Crippen LogP contribution in [0.25, 0.3) is 10.9 Å². The maximum Gasteiger partial charge on any atom is 0.360 e. The Balaban J connectivity index is 1.30. The summed E-state index contributed by atoms with van der Waals surface area (Å²) >= 11 is 0. The maximum absolute atomic E-state index is 11.4. The fraction of sp³-hybridized carbons (Fsp3) is 0.375. The van der Waals surface area contributed by atoms with Gasteiger partial charge in [0, 0.05) is 37.5 Å². The number of hydrogen-bond donors (Lipinski definition) is 1. The monoisotopic (exact) mass is 326 g/mol. The molecular weight excluding hydrogens is 308 g/mol. The van der Waals surface area contributed by atoms with Crippen LogP contribution < -0.4 is 0 Å². The Hall–Kier alpha value is -2.74. The number of ether oxygens (including phenoxy) is 1. The van der Waals surface area contributed by atoms with Crippen molar-refractivity contribution >= 4 is 16.9 Å². The average Bonchev–Trinajstić information content (AvgIpc) is 3.20. The number of carbonyl (C=O) groups is 1. The first-order chi connectivity index (χ1) is 11.7. The number of aromatic amines is 1. The first-order valence-corrected chi connectivity index (χ1v) is 7.84. The van der Waals surface area contributed by atoms with Crippen LogP contribution >= 0.6 is 0 Å². The van der Waals surface area contributed by atoms with Gasteiger partial charge >= 0.3 is 5.97 Å². The largest absolute Gasteiger partial charge is 0.464 e. The lowest BCUT2D eigenvalue weighted by molar-refractivity contribution is 0.0593. The van der Waals surface area contributed by atoms with Gasteiger partial charge in [0.15, 0.2) is 5.69 Å². The second-order valence-corrected chi connectivity index (χ2v) is 6.17. The third kappa shape index (κ3) is 2.88. The molecule has 0 aliphatic carbocycles. The molecule has 1 aliphatic rings. The van der Waals surface area contributed by atoms with E-state index in [4.69, 9.17) is 0 Å². The van der Waals surface area contributed by atoms with Crippen molar-refractivity contribution in [3.8, 4) is 0 Å². The molecule has 1 N–H and O–H groups in total. The van der Waals surface area contributed by atoms with E-state index in [9.17, 15) is 4.79 Å². The van der Waals surface area contributed by atoms with Crippen LogP contribution in [0.4, 0.5) is 0 Å². The van der Waals surface area contributed by atoms with Gasteiger partial charge in [-0.25, -0.2) is 4.79 Å². The maximum atomic E-state index is 11.4. The van der Waals surface area contributed by atoms with Crippen molar-refractivity contribution in [2.24, 2.45) is 5.92 Å². The molecule has 0 spiro atoms. The second kappa shape index (κ2) is 6.04. The van der Waals surface area contributed by atoms with E-state index in [1.54, 1.807) is 10.9 Å². The predicted molar refractivity (Wildman–Crippen MR) is 86.2 cm³/mol. The average molecular weight is 326 g/mol. The smallest absolute Gasteiger partial charge is 0.360 e. The van der Waals surface area contributed by atoms with E-state index in [-0.39, 0.29) is 5.69 Å². The molecule has 3 heterocycles. The molecule has 1 aliphatic heterocycles. The number of likely N-dealkylation sites (tertiary alicyclic amines) is 1. The number of benzene rings is 1. The number of fused-ring (bicyclic) bond motifs is 1. The summed E-state index contributed by atoms with van der Waals surface area (Å²) in [6, 6.07) is 6.39. The van der Waals surface area contributed by atoms with Crippen molar-refractivity contribution in [2.45, 2.75) is 13.1 Å². The molecule has 0 amide bonds. The standard InChI is InChI=1S/C16H18N6O2/c1-24-16(23)15-10-22(20-19-15)9-12-7-21(8-12)6-11-2-3-13-5-17-18-14(13)4-11/h2-5,10,12H,6-9H2,1H3,(H,17,18). The Morgan fingerprint density at radius 2 is 2.29 bits per heavy atom. The normalized spacial score (nSPS) is 15.5. The molecule has 0 atom stereocenters. The fourth-order valence-electron chi connectivity index (χ4n) is 3.11. The molecule has 0 unspecified atom stereocenters. The zero-order chi connectivity index (χ0) is 16.5. The molecule has 24 heavy (non-hydrogen) atoms. The number of methoxy groups -OCH3 is 1. The summed E-state index contributed by atoms with van der Waals surface area (Å²) in [7, 11) is 1.34. The topological polar surface area (TPSA) is 88.9 Å². The molecule has 124 valence electrons. The van der Waals surface area contributed by atoms with Gasteiger partial charge in [0.05, 0.1) is 25.0 Å². The van der Waals surface area contributed by atoms with E-state index in [1.807, 2.05) is 6.20 Å². The number of H-pyrrole nitrogens is 1. The van der Waals surface area contributed by atoms with Crippen LogP contribution in [0.15, 0.2) is 30.6 Å². The highest BCUT2D eigenvalue weighted by molar-refractivity contribution is 5.86. The lowest BCUT2D eigenvalue weighted by atomic mass is 9.99. The summed E-state index contributed by atoms with van der Waals surface area (Å²) in [5, 5.41) is 16.0. The number of esters is 1. The van der Waals surface area contributed by atoms with Crippen LogP contribution in [0.2, 0.25) is 0 Å². The van der Waals surface area contributed by atoms with Gasteiger partial charge in [-0.15, -0.1) is 5.10 Å². The van der Waals surface area contributed by atoms with Crippen molar-refractivity contribution in [2.75, 3.05) is 20.2 Å². The van der Waals surface area contributed by atoms with E-state index < -0.39 is 5.97 Å². The van der Waals surface area contributed by atoms with Gasteiger partial charge in [-0.1, -0.05) is 17.3 Å². The van der Waals surface area contributed by atoms with E-state index in [0.717, 1.165) is 37.1 Å². The highest BCUT2D eigenvalue weighted by atomic mass is 16.5. The molecular formula is C16H18N6O2. The number of nitrogens with zero attached hydrogens (tertiary/aromatic N) is 5. The highest BCUT2D eigenvalue weighted by Gasteiger charge is 2.27. The van der Waals surface area contributed by atoms with Crippen LogP contribution in [-0.2, 0) is 17.8 Å². The number of aromatic nitrogens is 5. The molecule has 3 aromatic rings. The molecule has 1 saturated heterocycles. The number of rotatable bonds is 5. The van der Waals surface area contributed by atoms with Gasteiger partial charge in [-0.05, 0) is 11.6 Å². The van der Waals surface area contributed by atoms with Crippen molar-refractivity contribution in [3.63, 3.8) is 0 Å². The molecule has 4 rings (SSSR count). The summed E-state index contributed by atoms with van der Waals surface area (Å²) < 4.78 is 6.35. The quantitative estimate of drug-likeness (QED) is 0.706. The van der Waals surface area contributed by atoms with E-state index in [2.05, 4.69) is 48.3 Å². The molecule has 8 heteroatoms. The lowest BCUT2D eigenvalue weighted by Gasteiger charge is -2.39. The second-order valence-electron chi connectivity index (χ2n) is 6.17. The number of carbonyl (C=O) groups excluding carboxylic acids is 1. The van der Waals surface area contributed by atoms with Gasteiger partial charge in [-0.2, -0.15) is 5.10 Å². The van der Waals surface area contributed by atoms with Gasteiger partial charge in [0.1, 0.15) is 0 Å². The molecule has 8 nitrogen and oxygen atoms in total. The van der Waals surface area contributed by atoms with Crippen molar-refractivity contribution < 1.29 is 9.53 Å². The Bertz CT molecular complexity index is 864. The molecule has 0 saturated carbocycles. The third-order valence-corrected chi connectivity index (χ3v) is 4.32. The Morgan fingerprint density at radius 3 is 3.12 bits per heavy atom. The first kappa shape index (κ1) is 14.8. The molecule has 0 bridgehead atoms. The third-order valence-electron chi connectivity index (χ3n) is 4.32. The summed E-state index contributed by atoms with van der Waals surface area (Å²) in [5.41, 5.74) is 2.60. The summed E-state index contributed by atoms with van der Waals surface area (Å²) in [4.78, 5) is 13.8. The Kier molecular flexibility index (Phi) is 3.73. The summed E-state index contributed by atoms with van der Waals surface area (Å²) in [6.45, 7) is 3.71. The highest BCUT2D eigenvalue weighted by Crippen LogP contribution is 2.21. The van der Waals surface area contributed by atoms with Gasteiger partial charge in [0.25, 0.3) is 0 Å². The van der Waals surface area contributed by atoms with E-state index in [1.165, 1.54) is 12.7 Å². The van der Waals surface area contributed by atoms with Crippen LogP contribution in [0, 0.1) is 5.92 Å². The molecule has 1 aromatic carbocycles.